The Bertz CT molecular complexity index is 286. The second-order valence-electron chi connectivity index (χ2n) is 7.75. The van der Waals surface area contributed by atoms with Crippen LogP contribution in [0.2, 0.25) is 0 Å². The van der Waals surface area contributed by atoms with E-state index in [0.717, 1.165) is 17.1 Å². The second-order valence-corrected chi connectivity index (χ2v) is 16.5. The molecule has 0 nitrogen and oxygen atoms in total. The van der Waals surface area contributed by atoms with E-state index in [0.29, 0.717) is 0 Å². The molecule has 2 fully saturated rings. The third kappa shape index (κ3) is 1.41. The van der Waals surface area contributed by atoms with E-state index in [-0.39, 0.29) is 0 Å². The van der Waals surface area contributed by atoms with Crippen LogP contribution in [0, 0.1) is 11.8 Å². The molecule has 0 aliphatic carbocycles. The Morgan fingerprint density at radius 3 is 2.07 bits per heavy atom. The monoisotopic (exact) mass is 230 g/mol. The molecular formula is C14H30S. The predicted molar refractivity (Wildman–Crippen MR) is 75.7 cm³/mol. The van der Waals surface area contributed by atoms with E-state index >= 15 is 0 Å². The number of hydrogen-bond acceptors (Lipinski definition) is 0. The van der Waals surface area contributed by atoms with Gasteiger partial charge in [0.05, 0.1) is 0 Å². The van der Waals surface area contributed by atoms with Crippen LogP contribution in [0.5, 0.6) is 0 Å². The molecule has 15 heavy (non-hydrogen) atoms. The summed E-state index contributed by atoms with van der Waals surface area (Å²) in [5.41, 5.74) is 0. The van der Waals surface area contributed by atoms with Crippen LogP contribution in [0.15, 0.2) is 0 Å². The summed E-state index contributed by atoms with van der Waals surface area (Å²) < 4.78 is 0. The van der Waals surface area contributed by atoms with Gasteiger partial charge >= 0.3 is 0 Å². The van der Waals surface area contributed by atoms with Gasteiger partial charge in [-0.15, -0.1) is 0 Å². The van der Waals surface area contributed by atoms with E-state index in [1.807, 2.05) is 0 Å². The molecule has 0 saturated carbocycles. The topological polar surface area (TPSA) is 0 Å². The maximum atomic E-state index is 2.76. The molecule has 92 valence electrons. The lowest BCUT2D eigenvalue weighted by molar-refractivity contribution is 0.575. The number of hydrogen-bond donors (Lipinski definition) is 0. The van der Waals surface area contributed by atoms with Gasteiger partial charge in [-0.2, -0.15) is 0 Å². The molecule has 1 heteroatoms. The summed E-state index contributed by atoms with van der Waals surface area (Å²) in [6, 6.07) is 0. The maximum Gasteiger partial charge on any atom is -0.0183 e. The molecule has 1 spiro atoms. The molecule has 2 aliphatic heterocycles. The summed E-state index contributed by atoms with van der Waals surface area (Å²) in [4.78, 5) is 0. The fourth-order valence-corrected chi connectivity index (χ4v) is 14.3. The molecule has 1 atom stereocenters. The van der Waals surface area contributed by atoms with Crippen LogP contribution >= 0.6 is 8.29 Å². The van der Waals surface area contributed by atoms with Crippen LogP contribution in [0.25, 0.3) is 0 Å². The van der Waals surface area contributed by atoms with Crippen molar-refractivity contribution in [3.05, 3.63) is 0 Å². The number of rotatable bonds is 4. The summed E-state index contributed by atoms with van der Waals surface area (Å²) in [6.07, 6.45) is 5.68. The molecule has 2 saturated heterocycles. The summed E-state index contributed by atoms with van der Waals surface area (Å²) in [6.45, 7) is 9.71. The van der Waals surface area contributed by atoms with Crippen molar-refractivity contribution in [2.24, 2.45) is 11.8 Å². The van der Waals surface area contributed by atoms with Crippen molar-refractivity contribution < 1.29 is 0 Å². The average Bonchev–Trinajstić information content (AvgIpc) is 2.64. The molecule has 2 heterocycles. The third-order valence-electron chi connectivity index (χ3n) is 6.01. The fraction of sp³-hybridized carbons (Fsp3) is 1.00. The highest BCUT2D eigenvalue weighted by Crippen LogP contribution is 3.06. The summed E-state index contributed by atoms with van der Waals surface area (Å²) in [5, 5.41) is 1.10. The molecule has 1 unspecified atom stereocenters. The second kappa shape index (κ2) is 2.78. The highest BCUT2D eigenvalue weighted by molar-refractivity contribution is 8.70. The lowest BCUT2D eigenvalue weighted by Crippen LogP contribution is -2.50. The first-order valence-electron chi connectivity index (χ1n) is 6.78. The molecule has 0 aromatic rings. The molecule has 0 N–H and O–H groups in total. The smallest absolute Gasteiger partial charge is 0.0183 e. The lowest BCUT2D eigenvalue weighted by Gasteiger charge is -2.74. The minimum Gasteiger partial charge on any atom is -0.272 e. The first-order chi connectivity index (χ1) is 6.78. The summed E-state index contributed by atoms with van der Waals surface area (Å²) in [5.74, 6) is 8.52. The van der Waals surface area contributed by atoms with E-state index in [4.69, 9.17) is 0 Å². The first-order valence-corrected chi connectivity index (χ1v) is 10.4. The van der Waals surface area contributed by atoms with Gasteiger partial charge in [0.2, 0.25) is 0 Å². The van der Waals surface area contributed by atoms with Crippen molar-refractivity contribution in [2.75, 3.05) is 29.3 Å². The normalized spacial score (nSPS) is 43.6. The van der Waals surface area contributed by atoms with Crippen molar-refractivity contribution >= 4 is 8.29 Å². The zero-order valence-electron chi connectivity index (χ0n) is 11.4. The molecule has 0 bridgehead atoms. The van der Waals surface area contributed by atoms with E-state index in [2.05, 4.69) is 34.0 Å². The molecule has 0 aromatic carbocycles. The Morgan fingerprint density at radius 1 is 1.20 bits per heavy atom. The quantitative estimate of drug-likeness (QED) is 0.641. The van der Waals surface area contributed by atoms with E-state index in [9.17, 15) is 0 Å². The standard InChI is InChI=1S/C14H30S/c1-6-14-10-15(5,11-14,9-13(15)4)8-7-12(2)3/h12-14H,6-11H2,1-5H3. The van der Waals surface area contributed by atoms with Gasteiger partial charge in [-0.05, 0) is 52.8 Å². The van der Waals surface area contributed by atoms with Crippen molar-refractivity contribution in [3.63, 3.8) is 0 Å². The molecule has 0 amide bonds. The third-order valence-corrected chi connectivity index (χ3v) is 15.7. The van der Waals surface area contributed by atoms with Crippen LogP contribution < -0.4 is 0 Å². The van der Waals surface area contributed by atoms with Gasteiger partial charge in [-0.3, -0.25) is 8.29 Å². The molecular weight excluding hydrogens is 200 g/mol. The Hall–Kier alpha value is 0.350. The van der Waals surface area contributed by atoms with Gasteiger partial charge in [0.15, 0.2) is 0 Å². The van der Waals surface area contributed by atoms with Gasteiger partial charge in [0.1, 0.15) is 0 Å². The summed E-state index contributed by atoms with van der Waals surface area (Å²) in [7, 11) is -1.41. The molecule has 0 aromatic heterocycles. The molecule has 2 rings (SSSR count). The van der Waals surface area contributed by atoms with E-state index in [1.165, 1.54) is 12.8 Å². The van der Waals surface area contributed by atoms with Gasteiger partial charge in [0, 0.05) is 0 Å². The van der Waals surface area contributed by atoms with Crippen molar-refractivity contribution in [3.8, 4) is 0 Å². The predicted octanol–water partition coefficient (Wildman–Crippen LogP) is 3.98. The van der Waals surface area contributed by atoms with Crippen LogP contribution in [0.3, 0.4) is 0 Å². The van der Waals surface area contributed by atoms with Gasteiger partial charge in [-0.1, -0.05) is 34.1 Å². The van der Waals surface area contributed by atoms with Crippen molar-refractivity contribution in [1.29, 1.82) is 0 Å². The Balaban J connectivity index is 2.09. The fourth-order valence-electron chi connectivity index (χ4n) is 4.35. The Labute approximate surface area is 95.5 Å². The van der Waals surface area contributed by atoms with Crippen LogP contribution in [-0.2, 0) is 0 Å². The van der Waals surface area contributed by atoms with Crippen molar-refractivity contribution in [1.82, 2.24) is 0 Å². The Morgan fingerprint density at radius 2 is 1.73 bits per heavy atom. The first kappa shape index (κ1) is 11.8. The molecule has 0 radical (unpaired) electrons. The minimum atomic E-state index is -1.41. The van der Waals surface area contributed by atoms with Gasteiger partial charge in [-0.25, -0.2) is 0 Å². The zero-order chi connectivity index (χ0) is 11.4. The van der Waals surface area contributed by atoms with Crippen LogP contribution in [-0.4, -0.2) is 34.5 Å². The van der Waals surface area contributed by atoms with Gasteiger partial charge in [0.25, 0.3) is 0 Å². The largest absolute Gasteiger partial charge is 0.272 e. The van der Waals surface area contributed by atoms with E-state index in [1.54, 1.807) is 23.0 Å². The lowest BCUT2D eigenvalue weighted by atomic mass is 10.1. The minimum absolute atomic E-state index is 0.906. The highest BCUT2D eigenvalue weighted by Gasteiger charge is 2.77. The van der Waals surface area contributed by atoms with Crippen LogP contribution in [0.4, 0.5) is 0 Å². The zero-order valence-corrected chi connectivity index (χ0v) is 12.2. The Kier molecular flexibility index (Phi) is 2.19. The van der Waals surface area contributed by atoms with Crippen molar-refractivity contribution in [2.45, 2.75) is 45.8 Å². The summed E-state index contributed by atoms with van der Waals surface area (Å²) >= 11 is 0. The highest BCUT2D eigenvalue weighted by atomic mass is 32.4. The van der Waals surface area contributed by atoms with Crippen LogP contribution in [0.1, 0.15) is 40.5 Å². The SMILES string of the molecule is CCC1CS2(C)(CCC(C)C)(C1)CC2C. The maximum absolute atomic E-state index is 2.76. The van der Waals surface area contributed by atoms with E-state index < -0.39 is 8.29 Å². The average molecular weight is 230 g/mol. The molecule has 2 aliphatic rings. The van der Waals surface area contributed by atoms with Gasteiger partial charge < -0.3 is 0 Å².